The minimum Gasteiger partial charge on any atom is -0.365 e. The summed E-state index contributed by atoms with van der Waals surface area (Å²) in [5.74, 6) is 1.44. The van der Waals surface area contributed by atoms with Crippen molar-refractivity contribution in [1.82, 2.24) is 24.1 Å². The van der Waals surface area contributed by atoms with Gasteiger partial charge in [-0.1, -0.05) is 6.07 Å². The number of benzene rings is 1. The molecule has 0 fully saturated rings. The number of hydrogen-bond donors (Lipinski definition) is 1. The van der Waals surface area contributed by atoms with Crippen molar-refractivity contribution >= 4 is 27.9 Å². The molecule has 0 aliphatic heterocycles. The van der Waals surface area contributed by atoms with Gasteiger partial charge >= 0.3 is 5.69 Å². The third kappa shape index (κ3) is 2.53. The average Bonchev–Trinajstić information content (AvgIpc) is 2.83. The van der Waals surface area contributed by atoms with Gasteiger partial charge in [0.2, 0.25) is 0 Å². The molecule has 0 radical (unpaired) electrons. The number of hydrogen-bond acceptors (Lipinski definition) is 5. The summed E-state index contributed by atoms with van der Waals surface area (Å²) in [4.78, 5) is 25.2. The predicted molar refractivity (Wildman–Crippen MR) is 97.6 cm³/mol. The Morgan fingerprint density at radius 2 is 1.88 bits per heavy atom. The van der Waals surface area contributed by atoms with Crippen molar-refractivity contribution in [2.45, 2.75) is 13.5 Å². The van der Waals surface area contributed by atoms with E-state index < -0.39 is 0 Å². The molecule has 4 aromatic rings. The Kier molecular flexibility index (Phi) is 3.49. The summed E-state index contributed by atoms with van der Waals surface area (Å²) in [7, 11) is 3.57. The molecule has 0 bridgehead atoms. The molecule has 0 spiro atoms. The van der Waals surface area contributed by atoms with Gasteiger partial charge in [-0.2, -0.15) is 0 Å². The molecule has 1 aromatic carbocycles. The Balaban J connectivity index is 1.69. The van der Waals surface area contributed by atoms with Gasteiger partial charge in [-0.25, -0.2) is 19.7 Å². The van der Waals surface area contributed by atoms with Crippen molar-refractivity contribution in [3.63, 3.8) is 0 Å². The highest BCUT2D eigenvalue weighted by molar-refractivity contribution is 5.86. The van der Waals surface area contributed by atoms with Crippen LogP contribution >= 0.6 is 0 Å². The Labute approximate surface area is 144 Å². The lowest BCUT2D eigenvalue weighted by Crippen LogP contribution is -2.19. The molecule has 3 aromatic heterocycles. The highest BCUT2D eigenvalue weighted by Gasteiger charge is 2.09. The van der Waals surface area contributed by atoms with Crippen LogP contribution in [0.1, 0.15) is 11.4 Å². The first kappa shape index (κ1) is 15.3. The van der Waals surface area contributed by atoms with Gasteiger partial charge < -0.3 is 5.32 Å². The van der Waals surface area contributed by atoms with Crippen molar-refractivity contribution in [3.05, 3.63) is 58.4 Å². The van der Waals surface area contributed by atoms with Crippen molar-refractivity contribution in [3.8, 4) is 0 Å². The number of anilines is 1. The van der Waals surface area contributed by atoms with E-state index in [1.54, 1.807) is 29.4 Å². The number of nitrogens with one attached hydrogen (secondary N) is 1. The molecule has 0 unspecified atom stereocenters. The summed E-state index contributed by atoms with van der Waals surface area (Å²) in [6.07, 6.45) is 1.72. The summed E-state index contributed by atoms with van der Waals surface area (Å²) >= 11 is 0. The van der Waals surface area contributed by atoms with Gasteiger partial charge in [0.25, 0.3) is 0 Å². The van der Waals surface area contributed by atoms with Crippen molar-refractivity contribution in [2.75, 3.05) is 5.32 Å². The largest absolute Gasteiger partial charge is 0.365 e. The molecule has 0 aliphatic carbocycles. The summed E-state index contributed by atoms with van der Waals surface area (Å²) in [6.45, 7) is 2.45. The van der Waals surface area contributed by atoms with E-state index in [-0.39, 0.29) is 5.69 Å². The second kappa shape index (κ2) is 5.70. The van der Waals surface area contributed by atoms with Gasteiger partial charge in [0.15, 0.2) is 5.65 Å². The third-order valence-electron chi connectivity index (χ3n) is 4.38. The van der Waals surface area contributed by atoms with E-state index in [1.165, 1.54) is 0 Å². The van der Waals surface area contributed by atoms with Crippen LogP contribution in [0.3, 0.4) is 0 Å². The van der Waals surface area contributed by atoms with E-state index in [1.807, 2.05) is 37.3 Å². The van der Waals surface area contributed by atoms with Gasteiger partial charge in [0.05, 0.1) is 16.4 Å². The van der Waals surface area contributed by atoms with E-state index in [9.17, 15) is 4.79 Å². The van der Waals surface area contributed by atoms with Crippen LogP contribution in [0, 0.1) is 6.92 Å². The Bertz CT molecular complexity index is 1160. The van der Waals surface area contributed by atoms with Gasteiger partial charge in [0, 0.05) is 26.8 Å². The van der Waals surface area contributed by atoms with E-state index in [2.05, 4.69) is 20.3 Å². The molecule has 0 atom stereocenters. The van der Waals surface area contributed by atoms with Crippen LogP contribution in [0.25, 0.3) is 22.1 Å². The standard InChI is InChI=1S/C18H18N6O/c1-11-21-16-13(5-4-8-19-16)17(22-11)20-10-12-6-7-14-15(9-12)24(3)18(25)23(14)2/h4-9H,10H2,1-3H3,(H,19,20,21,22). The van der Waals surface area contributed by atoms with Gasteiger partial charge in [-0.15, -0.1) is 0 Å². The zero-order chi connectivity index (χ0) is 17.6. The van der Waals surface area contributed by atoms with Crippen molar-refractivity contribution < 1.29 is 0 Å². The van der Waals surface area contributed by atoms with Crippen LogP contribution in [0.2, 0.25) is 0 Å². The number of imidazole rings is 1. The molecule has 0 aliphatic rings. The van der Waals surface area contributed by atoms with Crippen LogP contribution in [0.15, 0.2) is 41.3 Å². The van der Waals surface area contributed by atoms with Gasteiger partial charge in [-0.3, -0.25) is 9.13 Å². The monoisotopic (exact) mass is 334 g/mol. The first-order valence-corrected chi connectivity index (χ1v) is 8.02. The smallest absolute Gasteiger partial charge is 0.328 e. The molecule has 7 heteroatoms. The Morgan fingerprint density at radius 3 is 2.72 bits per heavy atom. The summed E-state index contributed by atoms with van der Waals surface area (Å²) in [6, 6.07) is 9.84. The highest BCUT2D eigenvalue weighted by Crippen LogP contribution is 2.20. The summed E-state index contributed by atoms with van der Waals surface area (Å²) in [5.41, 5.74) is 3.56. The number of pyridine rings is 1. The molecule has 3 heterocycles. The molecule has 1 N–H and O–H groups in total. The van der Waals surface area contributed by atoms with Crippen LogP contribution in [-0.2, 0) is 20.6 Å². The topological polar surface area (TPSA) is 77.6 Å². The van der Waals surface area contributed by atoms with E-state index >= 15 is 0 Å². The van der Waals surface area contributed by atoms with Crippen LogP contribution in [0.4, 0.5) is 5.82 Å². The molecule has 0 saturated carbocycles. The first-order chi connectivity index (χ1) is 12.0. The number of aryl methyl sites for hydroxylation is 3. The predicted octanol–water partition coefficient (Wildman–Crippen LogP) is 2.14. The van der Waals surface area contributed by atoms with E-state index in [0.717, 1.165) is 27.8 Å². The maximum atomic E-state index is 12.0. The summed E-state index contributed by atoms with van der Waals surface area (Å²) < 4.78 is 3.31. The second-order valence-corrected chi connectivity index (χ2v) is 6.07. The number of nitrogens with zero attached hydrogens (tertiary/aromatic N) is 5. The molecule has 7 nitrogen and oxygen atoms in total. The Hall–Kier alpha value is -3.22. The zero-order valence-electron chi connectivity index (χ0n) is 14.3. The fraction of sp³-hybridized carbons (Fsp3) is 0.222. The highest BCUT2D eigenvalue weighted by atomic mass is 16.1. The molecule has 0 amide bonds. The molecule has 0 saturated heterocycles. The van der Waals surface area contributed by atoms with Crippen molar-refractivity contribution in [2.24, 2.45) is 14.1 Å². The molecule has 25 heavy (non-hydrogen) atoms. The third-order valence-corrected chi connectivity index (χ3v) is 4.38. The van der Waals surface area contributed by atoms with Crippen molar-refractivity contribution in [1.29, 1.82) is 0 Å². The fourth-order valence-electron chi connectivity index (χ4n) is 3.05. The number of aromatic nitrogens is 5. The Morgan fingerprint density at radius 1 is 1.08 bits per heavy atom. The summed E-state index contributed by atoms with van der Waals surface area (Å²) in [5, 5.41) is 4.26. The van der Waals surface area contributed by atoms with Gasteiger partial charge in [0.1, 0.15) is 11.6 Å². The van der Waals surface area contributed by atoms with Crippen LogP contribution in [-0.4, -0.2) is 24.1 Å². The molecule has 126 valence electrons. The molecular formula is C18H18N6O. The first-order valence-electron chi connectivity index (χ1n) is 8.02. The molecule has 4 rings (SSSR count). The number of rotatable bonds is 3. The minimum atomic E-state index is -0.0244. The van der Waals surface area contributed by atoms with E-state index in [0.29, 0.717) is 18.0 Å². The van der Waals surface area contributed by atoms with E-state index in [4.69, 9.17) is 0 Å². The second-order valence-electron chi connectivity index (χ2n) is 6.07. The maximum Gasteiger partial charge on any atom is 0.328 e. The zero-order valence-corrected chi connectivity index (χ0v) is 14.3. The maximum absolute atomic E-state index is 12.0. The normalized spacial score (nSPS) is 11.3. The lowest BCUT2D eigenvalue weighted by Gasteiger charge is -2.09. The minimum absolute atomic E-state index is 0.0244. The van der Waals surface area contributed by atoms with Crippen LogP contribution < -0.4 is 11.0 Å². The lowest BCUT2D eigenvalue weighted by atomic mass is 10.2. The molecular weight excluding hydrogens is 316 g/mol. The number of fused-ring (bicyclic) bond motifs is 2. The average molecular weight is 334 g/mol. The SMILES string of the molecule is Cc1nc(NCc2ccc3c(c2)n(C)c(=O)n3C)c2cccnc2n1. The van der Waals surface area contributed by atoms with Crippen LogP contribution in [0.5, 0.6) is 0 Å². The quantitative estimate of drug-likeness (QED) is 0.621. The lowest BCUT2D eigenvalue weighted by molar-refractivity contribution is 0.795. The van der Waals surface area contributed by atoms with Gasteiger partial charge in [-0.05, 0) is 36.8 Å². The fourth-order valence-corrected chi connectivity index (χ4v) is 3.05.